The number of benzene rings is 1. The Balaban J connectivity index is 2.04. The second-order valence-electron chi connectivity index (χ2n) is 5.70. The number of pyridine rings is 1. The summed E-state index contributed by atoms with van der Waals surface area (Å²) in [6.07, 6.45) is 1.38. The molecule has 2 aromatic heterocycles. The summed E-state index contributed by atoms with van der Waals surface area (Å²) in [6.45, 7) is 3.46. The summed E-state index contributed by atoms with van der Waals surface area (Å²) in [5.74, 6) is 0.498. The lowest BCUT2D eigenvalue weighted by Crippen LogP contribution is -2.04. The predicted molar refractivity (Wildman–Crippen MR) is 97.6 cm³/mol. The third-order valence-corrected chi connectivity index (χ3v) is 5.88. The highest BCUT2D eigenvalue weighted by Gasteiger charge is 2.18. The van der Waals surface area contributed by atoms with Gasteiger partial charge in [-0.1, -0.05) is 19.1 Å². The molecule has 2 heterocycles. The normalized spacial score (nSPS) is 13.1. The molecule has 3 rings (SSSR count). The van der Waals surface area contributed by atoms with Crippen LogP contribution in [0.25, 0.3) is 16.9 Å². The van der Waals surface area contributed by atoms with Crippen molar-refractivity contribution in [3.63, 3.8) is 0 Å². The second kappa shape index (κ2) is 6.61. The summed E-state index contributed by atoms with van der Waals surface area (Å²) in [4.78, 5) is 4.54. The Morgan fingerprint density at radius 2 is 1.96 bits per heavy atom. The van der Waals surface area contributed by atoms with E-state index in [4.69, 9.17) is 10.0 Å². The molecule has 132 valence electrons. The third kappa shape index (κ3) is 3.05. The molecular formula is C18H17N5O2S. The number of nitrogens with zero attached hydrogens (tertiary/aromatic N) is 4. The monoisotopic (exact) mass is 367 g/mol. The molecule has 8 heteroatoms. The number of aromatic hydroxyl groups is 1. The third-order valence-electron chi connectivity index (χ3n) is 4.06. The van der Waals surface area contributed by atoms with Crippen molar-refractivity contribution in [2.24, 2.45) is 0 Å². The molecule has 0 radical (unpaired) electrons. The largest absolute Gasteiger partial charge is 0.493 e. The van der Waals surface area contributed by atoms with Crippen LogP contribution in [0.15, 0.2) is 47.5 Å². The number of nitrogens with one attached hydrogen (secondary N) is 1. The first-order chi connectivity index (χ1) is 12.4. The lowest BCUT2D eigenvalue weighted by atomic mass is 10.0. The van der Waals surface area contributed by atoms with Gasteiger partial charge in [-0.2, -0.15) is 15.0 Å². The van der Waals surface area contributed by atoms with Crippen LogP contribution in [0, 0.1) is 23.0 Å². The number of rotatable bonds is 4. The van der Waals surface area contributed by atoms with Crippen LogP contribution in [-0.4, -0.2) is 29.8 Å². The van der Waals surface area contributed by atoms with Gasteiger partial charge in [-0.05, 0) is 36.8 Å². The molecule has 0 aliphatic rings. The minimum absolute atomic E-state index is 0.0745. The quantitative estimate of drug-likeness (QED) is 0.734. The van der Waals surface area contributed by atoms with Crippen molar-refractivity contribution in [3.8, 4) is 28.9 Å². The van der Waals surface area contributed by atoms with E-state index in [0.717, 1.165) is 5.56 Å². The molecule has 26 heavy (non-hydrogen) atoms. The van der Waals surface area contributed by atoms with Crippen LogP contribution in [0.4, 0.5) is 0 Å². The van der Waals surface area contributed by atoms with Crippen LogP contribution in [-0.2, 0) is 9.73 Å². The molecule has 3 aromatic rings. The number of aryl methyl sites for hydroxylation is 1. The SMILES string of the molecule is CCS(=N)(=O)c1ccc(-n2nc(C)c(-c3ccc(C#N)cc3)c2O)nc1. The van der Waals surface area contributed by atoms with E-state index in [1.54, 1.807) is 50.2 Å². The van der Waals surface area contributed by atoms with Crippen molar-refractivity contribution in [1.29, 1.82) is 10.0 Å². The van der Waals surface area contributed by atoms with Crippen molar-refractivity contribution < 1.29 is 9.32 Å². The molecule has 0 bridgehead atoms. The van der Waals surface area contributed by atoms with Gasteiger partial charge in [-0.15, -0.1) is 0 Å². The highest BCUT2D eigenvalue weighted by atomic mass is 32.2. The zero-order valence-electron chi connectivity index (χ0n) is 14.3. The van der Waals surface area contributed by atoms with Gasteiger partial charge in [0.15, 0.2) is 5.82 Å². The average Bonchev–Trinajstić information content (AvgIpc) is 2.96. The Kier molecular flexibility index (Phi) is 4.49. The van der Waals surface area contributed by atoms with Crippen molar-refractivity contribution >= 4 is 9.73 Å². The molecular weight excluding hydrogens is 350 g/mol. The molecule has 1 unspecified atom stereocenters. The van der Waals surface area contributed by atoms with Gasteiger partial charge in [-0.25, -0.2) is 14.0 Å². The molecule has 2 N–H and O–H groups in total. The lowest BCUT2D eigenvalue weighted by Gasteiger charge is -2.06. The zero-order chi connectivity index (χ0) is 18.9. The van der Waals surface area contributed by atoms with Crippen molar-refractivity contribution in [3.05, 3.63) is 53.9 Å². The minimum atomic E-state index is -2.84. The first-order valence-corrected chi connectivity index (χ1v) is 9.62. The van der Waals surface area contributed by atoms with Crippen LogP contribution >= 0.6 is 0 Å². The summed E-state index contributed by atoms with van der Waals surface area (Å²) in [7, 11) is -2.84. The Morgan fingerprint density at radius 3 is 2.50 bits per heavy atom. The molecule has 1 aromatic carbocycles. The maximum absolute atomic E-state index is 12.1. The maximum Gasteiger partial charge on any atom is 0.223 e. The van der Waals surface area contributed by atoms with Gasteiger partial charge < -0.3 is 5.11 Å². The van der Waals surface area contributed by atoms with Crippen molar-refractivity contribution in [2.75, 3.05) is 5.75 Å². The molecule has 1 atom stereocenters. The Morgan fingerprint density at radius 1 is 1.27 bits per heavy atom. The number of nitriles is 1. The Bertz CT molecular complexity index is 1090. The fourth-order valence-corrected chi connectivity index (χ4v) is 3.43. The van der Waals surface area contributed by atoms with E-state index in [9.17, 15) is 9.32 Å². The van der Waals surface area contributed by atoms with E-state index < -0.39 is 9.73 Å². The zero-order valence-corrected chi connectivity index (χ0v) is 15.1. The molecule has 0 saturated carbocycles. The van der Waals surface area contributed by atoms with Gasteiger partial charge in [0.1, 0.15) is 0 Å². The van der Waals surface area contributed by atoms with E-state index in [0.29, 0.717) is 27.5 Å². The lowest BCUT2D eigenvalue weighted by molar-refractivity contribution is 0.433. The van der Waals surface area contributed by atoms with E-state index in [1.807, 2.05) is 0 Å². The number of hydrogen-bond acceptors (Lipinski definition) is 6. The summed E-state index contributed by atoms with van der Waals surface area (Å²) < 4.78 is 21.2. The van der Waals surface area contributed by atoms with E-state index in [1.165, 1.54) is 10.9 Å². The Hall–Kier alpha value is -3.18. The van der Waals surface area contributed by atoms with E-state index in [2.05, 4.69) is 16.2 Å². The maximum atomic E-state index is 12.1. The van der Waals surface area contributed by atoms with Gasteiger partial charge in [0.25, 0.3) is 0 Å². The van der Waals surface area contributed by atoms with Crippen LogP contribution < -0.4 is 0 Å². The highest BCUT2D eigenvalue weighted by molar-refractivity contribution is 7.92. The molecule has 0 aliphatic heterocycles. The summed E-state index contributed by atoms with van der Waals surface area (Å²) in [5.41, 5.74) is 2.43. The van der Waals surface area contributed by atoms with Crippen molar-refractivity contribution in [2.45, 2.75) is 18.7 Å². The Labute approximate surface area is 151 Å². The second-order valence-corrected chi connectivity index (χ2v) is 8.10. The van der Waals surface area contributed by atoms with Crippen LogP contribution in [0.5, 0.6) is 5.88 Å². The molecule has 0 fully saturated rings. The van der Waals surface area contributed by atoms with Gasteiger partial charge >= 0.3 is 0 Å². The van der Waals surface area contributed by atoms with Gasteiger partial charge in [-0.3, -0.25) is 0 Å². The van der Waals surface area contributed by atoms with Gasteiger partial charge in [0, 0.05) is 11.9 Å². The fourth-order valence-electron chi connectivity index (χ4n) is 2.58. The van der Waals surface area contributed by atoms with Gasteiger partial charge in [0.2, 0.25) is 5.88 Å². The minimum Gasteiger partial charge on any atom is -0.493 e. The van der Waals surface area contributed by atoms with Gasteiger partial charge in [0.05, 0.1) is 37.5 Å². The van der Waals surface area contributed by atoms with Crippen LogP contribution in [0.2, 0.25) is 0 Å². The van der Waals surface area contributed by atoms with Crippen LogP contribution in [0.3, 0.4) is 0 Å². The summed E-state index contributed by atoms with van der Waals surface area (Å²) in [6, 6.07) is 12.1. The molecule has 0 saturated heterocycles. The number of aromatic nitrogens is 3. The molecule has 0 aliphatic carbocycles. The molecule has 0 amide bonds. The summed E-state index contributed by atoms with van der Waals surface area (Å²) in [5, 5.41) is 23.9. The topological polar surface area (TPSA) is 116 Å². The van der Waals surface area contributed by atoms with E-state index >= 15 is 0 Å². The molecule has 0 spiro atoms. The van der Waals surface area contributed by atoms with Crippen molar-refractivity contribution in [1.82, 2.24) is 14.8 Å². The predicted octanol–water partition coefficient (Wildman–Crippen LogP) is 3.25. The van der Waals surface area contributed by atoms with Crippen LogP contribution in [0.1, 0.15) is 18.2 Å². The highest BCUT2D eigenvalue weighted by Crippen LogP contribution is 2.34. The molecule has 7 nitrogen and oxygen atoms in total. The van der Waals surface area contributed by atoms with E-state index in [-0.39, 0.29) is 11.6 Å². The number of hydrogen-bond donors (Lipinski definition) is 2. The smallest absolute Gasteiger partial charge is 0.223 e. The first kappa shape index (κ1) is 17.6. The first-order valence-electron chi connectivity index (χ1n) is 7.89. The fraction of sp³-hybridized carbons (Fsp3) is 0.167. The average molecular weight is 367 g/mol. The summed E-state index contributed by atoms with van der Waals surface area (Å²) >= 11 is 0. The standard InChI is InChI=1S/C18H17N5O2S/c1-3-26(20,25)15-8-9-16(21-11-15)23-18(24)17(12(2)22-23)14-6-4-13(10-19)5-7-14/h4-9,11,20,24H,3H2,1-2H3.